The molecule has 0 saturated heterocycles. The lowest BCUT2D eigenvalue weighted by Gasteiger charge is -2.05. The van der Waals surface area contributed by atoms with Crippen LogP contribution in [0.3, 0.4) is 0 Å². The number of thiophene rings is 1. The number of para-hydroxylation sites is 1. The van der Waals surface area contributed by atoms with Gasteiger partial charge >= 0.3 is 0 Å². The largest absolute Gasteiger partial charge is 0.241 e. The second kappa shape index (κ2) is 5.29. The molecule has 1 nitrogen and oxygen atoms in total. The molecule has 18 heavy (non-hydrogen) atoms. The van der Waals surface area contributed by atoms with Crippen molar-refractivity contribution in [1.82, 2.24) is 4.98 Å². The van der Waals surface area contributed by atoms with Crippen LogP contribution in [-0.2, 0) is 6.42 Å². The van der Waals surface area contributed by atoms with E-state index in [1.54, 1.807) is 22.7 Å². The molecule has 1 atom stereocenters. The first kappa shape index (κ1) is 12.6. The van der Waals surface area contributed by atoms with E-state index in [-0.39, 0.29) is 4.83 Å². The molecule has 0 aliphatic heterocycles. The summed E-state index contributed by atoms with van der Waals surface area (Å²) in [6.07, 6.45) is 0.875. The maximum absolute atomic E-state index is 6.14. The fraction of sp³-hybridized carbons (Fsp3) is 0.154. The van der Waals surface area contributed by atoms with Gasteiger partial charge in [-0.15, -0.1) is 22.7 Å². The minimum Gasteiger partial charge on any atom is -0.241 e. The molecule has 3 rings (SSSR count). The monoisotopic (exact) mass is 357 g/mol. The highest BCUT2D eigenvalue weighted by molar-refractivity contribution is 9.09. The van der Waals surface area contributed by atoms with Crippen LogP contribution in [0.4, 0.5) is 0 Å². The number of alkyl halides is 1. The summed E-state index contributed by atoms with van der Waals surface area (Å²) in [6.45, 7) is 0. The molecule has 5 heteroatoms. The van der Waals surface area contributed by atoms with Gasteiger partial charge in [-0.05, 0) is 23.6 Å². The highest BCUT2D eigenvalue weighted by Gasteiger charge is 2.15. The quantitative estimate of drug-likeness (QED) is 0.548. The van der Waals surface area contributed by atoms with Crippen molar-refractivity contribution >= 4 is 60.4 Å². The Labute approximate surface area is 127 Å². The third-order valence-corrected chi connectivity index (χ3v) is 6.24. The standard InChI is InChI=1S/C13H9BrClNS2/c14-8(13-9(15)5-6-17-13)7-12-16-10-3-1-2-4-11(10)18-12/h1-6,8H,7H2. The zero-order valence-electron chi connectivity index (χ0n) is 9.27. The van der Waals surface area contributed by atoms with E-state index in [1.165, 1.54) is 9.58 Å². The van der Waals surface area contributed by atoms with Crippen molar-refractivity contribution in [2.75, 3.05) is 0 Å². The van der Waals surface area contributed by atoms with Crippen LogP contribution in [0.1, 0.15) is 14.7 Å². The summed E-state index contributed by atoms with van der Waals surface area (Å²) in [5, 5.41) is 4.00. The van der Waals surface area contributed by atoms with Gasteiger partial charge in [0.15, 0.2) is 0 Å². The highest BCUT2D eigenvalue weighted by Crippen LogP contribution is 2.37. The number of rotatable bonds is 3. The molecular weight excluding hydrogens is 350 g/mol. The lowest BCUT2D eigenvalue weighted by molar-refractivity contribution is 0.957. The van der Waals surface area contributed by atoms with Crippen LogP contribution in [-0.4, -0.2) is 4.98 Å². The van der Waals surface area contributed by atoms with Crippen molar-refractivity contribution in [3.8, 4) is 0 Å². The van der Waals surface area contributed by atoms with Gasteiger partial charge < -0.3 is 0 Å². The Balaban J connectivity index is 1.86. The lowest BCUT2D eigenvalue weighted by atomic mass is 10.2. The predicted molar refractivity (Wildman–Crippen MR) is 84.3 cm³/mol. The van der Waals surface area contributed by atoms with Gasteiger partial charge in [-0.1, -0.05) is 39.7 Å². The molecule has 92 valence electrons. The molecular formula is C13H9BrClNS2. The zero-order valence-corrected chi connectivity index (χ0v) is 13.2. The highest BCUT2D eigenvalue weighted by atomic mass is 79.9. The fourth-order valence-corrected chi connectivity index (χ4v) is 5.18. The first-order valence-electron chi connectivity index (χ1n) is 5.45. The molecule has 0 amide bonds. The minimum absolute atomic E-state index is 0.241. The van der Waals surface area contributed by atoms with Crippen LogP contribution in [0, 0.1) is 0 Å². The van der Waals surface area contributed by atoms with E-state index in [0.717, 1.165) is 22.0 Å². The van der Waals surface area contributed by atoms with E-state index in [9.17, 15) is 0 Å². The molecule has 0 aliphatic carbocycles. The molecule has 0 radical (unpaired) electrons. The number of nitrogens with zero attached hydrogens (tertiary/aromatic N) is 1. The van der Waals surface area contributed by atoms with E-state index >= 15 is 0 Å². The Morgan fingerprint density at radius 3 is 2.83 bits per heavy atom. The fourth-order valence-electron chi connectivity index (χ4n) is 1.78. The molecule has 0 fully saturated rings. The Kier molecular flexibility index (Phi) is 3.71. The molecule has 0 bridgehead atoms. The van der Waals surface area contributed by atoms with Gasteiger partial charge in [0.2, 0.25) is 0 Å². The maximum atomic E-state index is 6.14. The maximum Gasteiger partial charge on any atom is 0.0953 e. The van der Waals surface area contributed by atoms with Gasteiger partial charge in [-0.25, -0.2) is 4.98 Å². The molecule has 0 N–H and O–H groups in total. The first-order chi connectivity index (χ1) is 8.74. The van der Waals surface area contributed by atoms with Gasteiger partial charge in [0.05, 0.1) is 25.1 Å². The summed E-state index contributed by atoms with van der Waals surface area (Å²) in [5.41, 5.74) is 1.08. The number of hydrogen-bond acceptors (Lipinski definition) is 3. The number of hydrogen-bond donors (Lipinski definition) is 0. The van der Waals surface area contributed by atoms with Crippen molar-refractivity contribution in [2.24, 2.45) is 0 Å². The van der Waals surface area contributed by atoms with Crippen molar-refractivity contribution in [2.45, 2.75) is 11.2 Å². The molecule has 0 saturated carbocycles. The van der Waals surface area contributed by atoms with E-state index in [4.69, 9.17) is 11.6 Å². The van der Waals surface area contributed by atoms with Crippen LogP contribution in [0.25, 0.3) is 10.2 Å². The number of benzene rings is 1. The predicted octanol–water partition coefficient (Wildman–Crippen LogP) is 5.69. The van der Waals surface area contributed by atoms with Crippen molar-refractivity contribution in [3.63, 3.8) is 0 Å². The number of halogens is 2. The smallest absolute Gasteiger partial charge is 0.0953 e. The van der Waals surface area contributed by atoms with Crippen LogP contribution in [0.5, 0.6) is 0 Å². The third-order valence-electron chi connectivity index (χ3n) is 2.62. The molecule has 2 aromatic heterocycles. The molecule has 2 heterocycles. The average Bonchev–Trinajstić information content (AvgIpc) is 2.94. The van der Waals surface area contributed by atoms with Gasteiger partial charge in [-0.3, -0.25) is 0 Å². The number of aromatic nitrogens is 1. The Morgan fingerprint density at radius 2 is 2.11 bits per heavy atom. The van der Waals surface area contributed by atoms with Crippen molar-refractivity contribution in [1.29, 1.82) is 0 Å². The lowest BCUT2D eigenvalue weighted by Crippen LogP contribution is -1.92. The first-order valence-corrected chi connectivity index (χ1v) is 8.44. The van der Waals surface area contributed by atoms with E-state index < -0.39 is 0 Å². The summed E-state index contributed by atoms with van der Waals surface area (Å²) in [5.74, 6) is 0. The van der Waals surface area contributed by atoms with E-state index in [2.05, 4.69) is 33.0 Å². The van der Waals surface area contributed by atoms with Gasteiger partial charge in [0.1, 0.15) is 0 Å². The molecule has 0 spiro atoms. The van der Waals surface area contributed by atoms with Crippen LogP contribution in [0.15, 0.2) is 35.7 Å². The summed E-state index contributed by atoms with van der Waals surface area (Å²) in [4.78, 5) is 6.06. The topological polar surface area (TPSA) is 12.9 Å². The molecule has 3 aromatic rings. The number of fused-ring (bicyclic) bond motifs is 1. The molecule has 1 aromatic carbocycles. The third kappa shape index (κ3) is 2.48. The van der Waals surface area contributed by atoms with Crippen molar-refractivity contribution in [3.05, 3.63) is 50.6 Å². The normalized spacial score (nSPS) is 13.0. The average molecular weight is 359 g/mol. The number of thiazole rings is 1. The van der Waals surface area contributed by atoms with Crippen LogP contribution in [0.2, 0.25) is 5.02 Å². The summed E-state index contributed by atoms with van der Waals surface area (Å²) in [6, 6.07) is 10.2. The molecule has 0 aliphatic rings. The summed E-state index contributed by atoms with van der Waals surface area (Å²) < 4.78 is 1.24. The van der Waals surface area contributed by atoms with E-state index in [0.29, 0.717) is 0 Å². The summed E-state index contributed by atoms with van der Waals surface area (Å²) >= 11 is 13.3. The zero-order chi connectivity index (χ0) is 12.5. The molecule has 1 unspecified atom stereocenters. The summed E-state index contributed by atoms with van der Waals surface area (Å²) in [7, 11) is 0. The van der Waals surface area contributed by atoms with Crippen LogP contribution >= 0.6 is 50.2 Å². The van der Waals surface area contributed by atoms with Gasteiger partial charge in [0.25, 0.3) is 0 Å². The Hall–Kier alpha value is -0.420. The van der Waals surface area contributed by atoms with Crippen LogP contribution < -0.4 is 0 Å². The Morgan fingerprint density at radius 1 is 1.28 bits per heavy atom. The van der Waals surface area contributed by atoms with E-state index in [1.807, 2.05) is 23.6 Å². The second-order valence-corrected chi connectivity index (χ2v) is 7.46. The van der Waals surface area contributed by atoms with Gasteiger partial charge in [0, 0.05) is 11.3 Å². The minimum atomic E-state index is 0.241. The Bertz CT molecular complexity index is 643. The van der Waals surface area contributed by atoms with Gasteiger partial charge in [-0.2, -0.15) is 0 Å². The SMILES string of the molecule is Clc1ccsc1C(Br)Cc1nc2ccccc2s1. The second-order valence-electron chi connectivity index (χ2n) is 3.88. The van der Waals surface area contributed by atoms with Crippen molar-refractivity contribution < 1.29 is 0 Å².